The van der Waals surface area contributed by atoms with Crippen molar-refractivity contribution in [3.63, 3.8) is 0 Å². The van der Waals surface area contributed by atoms with Gasteiger partial charge in [0.25, 0.3) is 5.91 Å². The van der Waals surface area contributed by atoms with Gasteiger partial charge in [-0.15, -0.1) is 11.3 Å². The van der Waals surface area contributed by atoms with Crippen molar-refractivity contribution in [2.24, 2.45) is 0 Å². The summed E-state index contributed by atoms with van der Waals surface area (Å²) in [6.07, 6.45) is 2.89. The third-order valence-corrected chi connectivity index (χ3v) is 5.69. The van der Waals surface area contributed by atoms with E-state index in [-0.39, 0.29) is 30.9 Å². The Bertz CT molecular complexity index is 835. The Morgan fingerprint density at radius 3 is 2.79 bits per heavy atom. The van der Waals surface area contributed by atoms with Crippen LogP contribution in [0.25, 0.3) is 0 Å². The normalized spacial score (nSPS) is 16.5. The van der Waals surface area contributed by atoms with Crippen LogP contribution in [-0.2, 0) is 25.5 Å². The maximum Gasteiger partial charge on any atom is 0.308 e. The average molecular weight is 400 g/mol. The Morgan fingerprint density at radius 2 is 2.04 bits per heavy atom. The van der Waals surface area contributed by atoms with Crippen LogP contribution in [-0.4, -0.2) is 24.4 Å². The number of carbonyl (C=O) groups excluding carboxylic acids is 3. The van der Waals surface area contributed by atoms with Crippen molar-refractivity contribution >= 4 is 29.1 Å². The van der Waals surface area contributed by atoms with Crippen molar-refractivity contribution in [1.29, 1.82) is 0 Å². The van der Waals surface area contributed by atoms with Gasteiger partial charge in [0.2, 0.25) is 5.91 Å². The summed E-state index contributed by atoms with van der Waals surface area (Å²) in [5.74, 6) is -1.06. The highest BCUT2D eigenvalue weighted by molar-refractivity contribution is 7.10. The number of aryl methyl sites for hydroxylation is 1. The highest BCUT2D eigenvalue weighted by Gasteiger charge is 2.23. The minimum absolute atomic E-state index is 0.0143. The monoisotopic (exact) mass is 400 g/mol. The lowest BCUT2D eigenvalue weighted by Gasteiger charge is -2.26. The molecule has 2 atom stereocenters. The summed E-state index contributed by atoms with van der Waals surface area (Å²) in [6, 6.07) is 11.3. The summed E-state index contributed by atoms with van der Waals surface area (Å²) in [5.41, 5.74) is 2.39. The van der Waals surface area contributed by atoms with Crippen LogP contribution >= 0.6 is 11.3 Å². The molecule has 1 aromatic heterocycles. The van der Waals surface area contributed by atoms with E-state index in [4.69, 9.17) is 4.74 Å². The first kappa shape index (κ1) is 20.1. The van der Waals surface area contributed by atoms with Gasteiger partial charge in [0, 0.05) is 11.8 Å². The molecule has 1 heterocycles. The lowest BCUT2D eigenvalue weighted by molar-refractivity contribution is -0.149. The van der Waals surface area contributed by atoms with Crippen LogP contribution in [0, 0.1) is 0 Å². The van der Waals surface area contributed by atoms with Gasteiger partial charge in [0.15, 0.2) is 6.61 Å². The molecule has 28 heavy (non-hydrogen) atoms. The number of rotatable bonds is 7. The summed E-state index contributed by atoms with van der Waals surface area (Å²) in [4.78, 5) is 36.7. The second kappa shape index (κ2) is 9.50. The molecular weight excluding hydrogens is 376 g/mol. The molecule has 2 aromatic rings. The van der Waals surface area contributed by atoms with Gasteiger partial charge in [-0.2, -0.15) is 0 Å². The molecule has 2 amide bonds. The minimum Gasteiger partial charge on any atom is -0.456 e. The van der Waals surface area contributed by atoms with Crippen molar-refractivity contribution in [3.05, 3.63) is 57.8 Å². The fraction of sp³-hybridized carbons (Fsp3) is 0.381. The standard InChI is InChI=1S/C21H24N2O4S/c1-14(24)22-18(19-10-5-11-28-19)12-21(26)27-13-20(25)23-17-9-4-7-15-6-2-3-8-16(15)17/h2-3,5-6,8,10-11,17-18H,4,7,9,12-13H2,1H3,(H,22,24)(H,23,25). The third kappa shape index (κ3) is 5.42. The summed E-state index contributed by atoms with van der Waals surface area (Å²) < 4.78 is 5.15. The number of carbonyl (C=O) groups is 3. The molecule has 1 aliphatic carbocycles. The third-order valence-electron chi connectivity index (χ3n) is 4.70. The fourth-order valence-corrected chi connectivity index (χ4v) is 4.25. The molecule has 1 aromatic carbocycles. The molecule has 3 rings (SSSR count). The maximum absolute atomic E-state index is 12.3. The number of hydrogen-bond acceptors (Lipinski definition) is 5. The fourth-order valence-electron chi connectivity index (χ4n) is 3.47. The SMILES string of the molecule is CC(=O)NC(CC(=O)OCC(=O)NC1CCCc2ccccc21)c1cccs1. The van der Waals surface area contributed by atoms with Crippen LogP contribution in [0.5, 0.6) is 0 Å². The number of nitrogens with one attached hydrogen (secondary N) is 2. The van der Waals surface area contributed by atoms with Gasteiger partial charge in [-0.3, -0.25) is 14.4 Å². The van der Waals surface area contributed by atoms with Crippen LogP contribution in [0.15, 0.2) is 41.8 Å². The van der Waals surface area contributed by atoms with E-state index in [1.54, 1.807) is 0 Å². The van der Waals surface area contributed by atoms with E-state index in [0.717, 1.165) is 29.7 Å². The molecular formula is C21H24N2O4S. The summed E-state index contributed by atoms with van der Waals surface area (Å²) in [6.45, 7) is 1.08. The number of hydrogen-bond donors (Lipinski definition) is 2. The van der Waals surface area contributed by atoms with Crippen LogP contribution in [0.2, 0.25) is 0 Å². The van der Waals surface area contributed by atoms with Gasteiger partial charge in [-0.1, -0.05) is 30.3 Å². The Labute approximate surface area is 168 Å². The zero-order chi connectivity index (χ0) is 19.9. The molecule has 2 unspecified atom stereocenters. The number of amides is 2. The smallest absolute Gasteiger partial charge is 0.308 e. The van der Waals surface area contributed by atoms with Gasteiger partial charge in [0.1, 0.15) is 0 Å². The highest BCUT2D eigenvalue weighted by Crippen LogP contribution is 2.29. The molecule has 0 radical (unpaired) electrons. The van der Waals surface area contributed by atoms with Gasteiger partial charge in [-0.05, 0) is 41.8 Å². The van der Waals surface area contributed by atoms with Crippen LogP contribution in [0.4, 0.5) is 0 Å². The molecule has 0 spiro atoms. The van der Waals surface area contributed by atoms with Crippen LogP contribution in [0.3, 0.4) is 0 Å². The molecule has 2 N–H and O–H groups in total. The van der Waals surface area contributed by atoms with E-state index in [2.05, 4.69) is 16.7 Å². The van der Waals surface area contributed by atoms with Crippen molar-refractivity contribution in [2.75, 3.05) is 6.61 Å². The Hall–Kier alpha value is -2.67. The Kier molecular flexibility index (Phi) is 6.81. The maximum atomic E-state index is 12.3. The van der Waals surface area contributed by atoms with Crippen molar-refractivity contribution < 1.29 is 19.1 Å². The van der Waals surface area contributed by atoms with Crippen molar-refractivity contribution in [3.8, 4) is 0 Å². The summed E-state index contributed by atoms with van der Waals surface area (Å²) >= 11 is 1.45. The van der Waals surface area contributed by atoms with E-state index in [1.807, 2.05) is 35.7 Å². The molecule has 0 saturated carbocycles. The predicted molar refractivity (Wildman–Crippen MR) is 107 cm³/mol. The molecule has 1 aliphatic rings. The van der Waals surface area contributed by atoms with E-state index >= 15 is 0 Å². The molecule has 0 saturated heterocycles. The van der Waals surface area contributed by atoms with Crippen molar-refractivity contribution in [1.82, 2.24) is 10.6 Å². The number of fused-ring (bicyclic) bond motifs is 1. The lowest BCUT2D eigenvalue weighted by Crippen LogP contribution is -2.34. The van der Waals surface area contributed by atoms with Crippen LogP contribution < -0.4 is 10.6 Å². The number of ether oxygens (including phenoxy) is 1. The lowest BCUT2D eigenvalue weighted by atomic mass is 9.88. The molecule has 0 aliphatic heterocycles. The molecule has 7 heteroatoms. The largest absolute Gasteiger partial charge is 0.456 e. The molecule has 0 bridgehead atoms. The second-order valence-electron chi connectivity index (χ2n) is 6.84. The number of thiophene rings is 1. The second-order valence-corrected chi connectivity index (χ2v) is 7.82. The number of esters is 1. The topological polar surface area (TPSA) is 84.5 Å². The van der Waals surface area contributed by atoms with Crippen LogP contribution in [0.1, 0.15) is 54.3 Å². The zero-order valence-electron chi connectivity index (χ0n) is 15.8. The van der Waals surface area contributed by atoms with E-state index in [9.17, 15) is 14.4 Å². The molecule has 0 fully saturated rings. The number of benzene rings is 1. The Morgan fingerprint density at radius 1 is 1.21 bits per heavy atom. The highest BCUT2D eigenvalue weighted by atomic mass is 32.1. The van der Waals surface area contributed by atoms with Gasteiger partial charge in [0.05, 0.1) is 18.5 Å². The summed E-state index contributed by atoms with van der Waals surface area (Å²) in [7, 11) is 0. The summed E-state index contributed by atoms with van der Waals surface area (Å²) in [5, 5.41) is 7.59. The van der Waals surface area contributed by atoms with Gasteiger partial charge in [-0.25, -0.2) is 0 Å². The predicted octanol–water partition coefficient (Wildman–Crippen LogP) is 3.05. The zero-order valence-corrected chi connectivity index (χ0v) is 16.6. The first-order chi connectivity index (χ1) is 13.5. The first-order valence-corrected chi connectivity index (χ1v) is 10.2. The molecule has 148 valence electrons. The quantitative estimate of drug-likeness (QED) is 0.700. The van der Waals surface area contributed by atoms with E-state index in [1.165, 1.54) is 23.8 Å². The van der Waals surface area contributed by atoms with Gasteiger partial charge < -0.3 is 15.4 Å². The minimum atomic E-state index is -0.522. The van der Waals surface area contributed by atoms with E-state index < -0.39 is 12.0 Å². The Balaban J connectivity index is 1.50. The van der Waals surface area contributed by atoms with Crippen molar-refractivity contribution in [2.45, 2.75) is 44.7 Å². The first-order valence-electron chi connectivity index (χ1n) is 9.36. The van der Waals surface area contributed by atoms with Gasteiger partial charge >= 0.3 is 5.97 Å². The average Bonchev–Trinajstić information content (AvgIpc) is 3.21. The molecule has 6 nitrogen and oxygen atoms in total. The van der Waals surface area contributed by atoms with E-state index in [0.29, 0.717) is 0 Å².